The minimum atomic E-state index is 0.0384. The fourth-order valence-corrected chi connectivity index (χ4v) is 8.48. The Balaban J connectivity index is 1.22. The smallest absolute Gasteiger partial charge is 0.158 e. The summed E-state index contributed by atoms with van der Waals surface area (Å²) in [6.45, 7) is 6.93. The Morgan fingerprint density at radius 1 is 0.420 bits per heavy atom. The van der Waals surface area contributed by atoms with E-state index in [0.717, 1.165) is 12.8 Å². The van der Waals surface area contributed by atoms with E-state index in [4.69, 9.17) is 0 Å². The van der Waals surface area contributed by atoms with Crippen LogP contribution in [-0.2, 0) is 18.3 Å². The highest BCUT2D eigenvalue weighted by molar-refractivity contribution is 6.26. The molecule has 0 atom stereocenters. The van der Waals surface area contributed by atoms with Crippen LogP contribution in [0.2, 0.25) is 0 Å². The lowest BCUT2D eigenvalue weighted by atomic mass is 9.84. The van der Waals surface area contributed by atoms with E-state index in [2.05, 4.69) is 182 Å². The highest BCUT2D eigenvalue weighted by Crippen LogP contribution is 2.42. The number of fused-ring (bicyclic) bond motifs is 12. The van der Waals surface area contributed by atoms with Crippen molar-refractivity contribution < 1.29 is 9.13 Å². The minimum Gasteiger partial charge on any atom is -0.158 e. The Hall–Kier alpha value is -5.86. The van der Waals surface area contributed by atoms with Crippen LogP contribution in [0.3, 0.4) is 0 Å². The van der Waals surface area contributed by atoms with Crippen LogP contribution in [0.4, 0.5) is 0 Å². The van der Waals surface area contributed by atoms with Gasteiger partial charge in [-0.1, -0.05) is 112 Å². The van der Waals surface area contributed by atoms with Gasteiger partial charge in [0.25, 0.3) is 11.4 Å². The summed E-state index contributed by atoms with van der Waals surface area (Å²) in [6, 6.07) is 52.0. The maximum absolute atomic E-state index is 2.49. The molecule has 2 aliphatic rings. The number of benzene rings is 6. The molecule has 2 heteroatoms. The molecule has 0 spiro atoms. The van der Waals surface area contributed by atoms with Crippen molar-refractivity contribution in [2.75, 3.05) is 0 Å². The number of allylic oxidation sites excluding steroid dienone is 2. The Kier molecular flexibility index (Phi) is 6.30. The fraction of sp³-hybridized carbons (Fsp3) is 0.125. The van der Waals surface area contributed by atoms with Gasteiger partial charge in [0.2, 0.25) is 11.4 Å². The van der Waals surface area contributed by atoms with Gasteiger partial charge < -0.3 is 0 Å². The summed E-state index contributed by atoms with van der Waals surface area (Å²) in [4.78, 5) is 0. The summed E-state index contributed by atoms with van der Waals surface area (Å²) in [5, 5.41) is 7.91. The van der Waals surface area contributed by atoms with E-state index in [1.165, 1.54) is 94.0 Å². The SMILES string of the molecule is CC(C)(C)c1cc[n+]2c(c1)-c1cc(-c3ccccc3)ccc1C/C2=C1/Cc2cc3c4ccccc4c4ccccc4c3cc2-c2cccc[n+]21. The summed E-state index contributed by atoms with van der Waals surface area (Å²) in [6.07, 6.45) is 6.31. The van der Waals surface area contributed by atoms with E-state index < -0.39 is 0 Å². The van der Waals surface area contributed by atoms with Gasteiger partial charge in [-0.25, -0.2) is 0 Å². The first-order chi connectivity index (χ1) is 24.4. The van der Waals surface area contributed by atoms with E-state index in [9.17, 15) is 0 Å². The molecule has 50 heavy (non-hydrogen) atoms. The van der Waals surface area contributed by atoms with Crippen molar-refractivity contribution in [2.24, 2.45) is 0 Å². The fourth-order valence-electron chi connectivity index (χ4n) is 8.48. The number of nitrogens with zero attached hydrogens (tertiary/aromatic N) is 2. The van der Waals surface area contributed by atoms with Crippen LogP contribution >= 0.6 is 0 Å². The zero-order valence-corrected chi connectivity index (χ0v) is 28.7. The molecule has 0 radical (unpaired) electrons. The zero-order valence-electron chi connectivity index (χ0n) is 28.7. The Bertz CT molecular complexity index is 2730. The molecule has 0 bridgehead atoms. The van der Waals surface area contributed by atoms with Crippen molar-refractivity contribution in [1.82, 2.24) is 0 Å². The molecule has 2 aliphatic heterocycles. The molecule has 2 nitrogen and oxygen atoms in total. The third-order valence-corrected chi connectivity index (χ3v) is 11.0. The van der Waals surface area contributed by atoms with Gasteiger partial charge in [-0.05, 0) is 89.8 Å². The van der Waals surface area contributed by atoms with Crippen LogP contribution in [0.5, 0.6) is 0 Å². The summed E-state index contributed by atoms with van der Waals surface area (Å²) >= 11 is 0. The maximum atomic E-state index is 2.49. The summed E-state index contributed by atoms with van der Waals surface area (Å²) < 4.78 is 4.95. The normalized spacial score (nSPS) is 15.1. The van der Waals surface area contributed by atoms with E-state index in [-0.39, 0.29) is 5.41 Å². The van der Waals surface area contributed by atoms with Crippen LogP contribution < -0.4 is 9.13 Å². The number of hydrogen-bond donors (Lipinski definition) is 0. The Morgan fingerprint density at radius 2 is 1.00 bits per heavy atom. The molecule has 8 aromatic rings. The van der Waals surface area contributed by atoms with Gasteiger partial charge in [0.15, 0.2) is 12.4 Å². The average molecular weight is 643 g/mol. The maximum Gasteiger partial charge on any atom is 0.259 e. The van der Waals surface area contributed by atoms with E-state index in [0.29, 0.717) is 0 Å². The van der Waals surface area contributed by atoms with E-state index in [1.807, 2.05) is 0 Å². The molecular weight excluding hydrogens is 605 g/mol. The van der Waals surface area contributed by atoms with Gasteiger partial charge in [0.05, 0.1) is 24.0 Å². The Labute approximate surface area is 293 Å². The molecule has 0 fully saturated rings. The van der Waals surface area contributed by atoms with E-state index >= 15 is 0 Å². The standard InChI is InChI=1S/C48H38N2/c1-48(2,3)35-22-24-50-45(29-35)40-25-32(31-13-5-4-6-14-31)20-21-33(40)27-46(50)47-28-34-26-42-38-17-9-7-15-36(38)37-16-8-10-18-39(37)43(42)30-41(34)44-19-11-12-23-49(44)47/h4-26,29-30H,27-28H2,1-3H3/q+2/b47-46+. The van der Waals surface area contributed by atoms with Crippen molar-refractivity contribution in [3.8, 4) is 33.6 Å². The summed E-state index contributed by atoms with van der Waals surface area (Å²) in [5.74, 6) is 0. The molecular formula is C48H38N2+2. The van der Waals surface area contributed by atoms with Crippen molar-refractivity contribution in [3.63, 3.8) is 0 Å². The van der Waals surface area contributed by atoms with Gasteiger partial charge in [-0.2, -0.15) is 9.13 Å². The number of aromatic nitrogens is 2. The minimum absolute atomic E-state index is 0.0384. The topological polar surface area (TPSA) is 7.76 Å². The molecule has 6 aromatic carbocycles. The average Bonchev–Trinajstić information content (AvgIpc) is 3.16. The predicted octanol–water partition coefficient (Wildman–Crippen LogP) is 11.0. The van der Waals surface area contributed by atoms with Gasteiger partial charge in [-0.15, -0.1) is 0 Å². The van der Waals surface area contributed by atoms with Gasteiger partial charge >= 0.3 is 0 Å². The van der Waals surface area contributed by atoms with Crippen molar-refractivity contribution in [2.45, 2.75) is 39.0 Å². The number of hydrogen-bond acceptors (Lipinski definition) is 0. The monoisotopic (exact) mass is 642 g/mol. The zero-order chi connectivity index (χ0) is 33.6. The second-order valence-corrected chi connectivity index (χ2v) is 15.0. The second-order valence-electron chi connectivity index (χ2n) is 15.0. The predicted molar refractivity (Wildman–Crippen MR) is 208 cm³/mol. The first kappa shape index (κ1) is 29.1. The molecule has 0 N–H and O–H groups in total. The molecule has 0 aliphatic carbocycles. The summed E-state index contributed by atoms with van der Waals surface area (Å²) in [5.41, 5.74) is 14.5. The van der Waals surface area contributed by atoms with Gasteiger partial charge in [0, 0.05) is 24.3 Å². The molecule has 10 rings (SSSR count). The first-order valence-electron chi connectivity index (χ1n) is 17.8. The molecule has 0 unspecified atom stereocenters. The molecule has 0 saturated carbocycles. The number of pyridine rings is 2. The Morgan fingerprint density at radius 3 is 1.70 bits per heavy atom. The lowest BCUT2D eigenvalue weighted by Gasteiger charge is -2.24. The first-order valence-corrected chi connectivity index (χ1v) is 17.8. The van der Waals surface area contributed by atoms with E-state index in [1.54, 1.807) is 0 Å². The van der Waals surface area contributed by atoms with Crippen molar-refractivity contribution >= 4 is 43.7 Å². The van der Waals surface area contributed by atoms with Crippen LogP contribution in [0.1, 0.15) is 37.5 Å². The van der Waals surface area contributed by atoms with Crippen LogP contribution in [0.15, 0.2) is 152 Å². The second kappa shape index (κ2) is 10.8. The van der Waals surface area contributed by atoms with Gasteiger partial charge in [-0.3, -0.25) is 0 Å². The third kappa shape index (κ3) is 4.41. The molecule has 238 valence electrons. The van der Waals surface area contributed by atoms with Crippen LogP contribution in [-0.4, -0.2) is 0 Å². The molecule has 2 aromatic heterocycles. The number of rotatable bonds is 1. The largest absolute Gasteiger partial charge is 0.259 e. The van der Waals surface area contributed by atoms with Crippen molar-refractivity contribution in [3.05, 3.63) is 169 Å². The molecule has 0 amide bonds. The summed E-state index contributed by atoms with van der Waals surface area (Å²) in [7, 11) is 0. The highest BCUT2D eigenvalue weighted by atomic mass is 15.1. The lowest BCUT2D eigenvalue weighted by molar-refractivity contribution is -0.602. The third-order valence-electron chi connectivity index (χ3n) is 11.0. The lowest BCUT2D eigenvalue weighted by Crippen LogP contribution is -2.47. The quantitative estimate of drug-likeness (QED) is 0.124. The van der Waals surface area contributed by atoms with Crippen molar-refractivity contribution in [1.29, 1.82) is 0 Å². The molecule has 0 saturated heterocycles. The van der Waals surface area contributed by atoms with Gasteiger partial charge in [0.1, 0.15) is 0 Å². The molecule has 4 heterocycles. The van der Waals surface area contributed by atoms with Crippen LogP contribution in [0.25, 0.3) is 77.4 Å². The van der Waals surface area contributed by atoms with Crippen LogP contribution in [0, 0.1) is 0 Å². The highest BCUT2D eigenvalue weighted by Gasteiger charge is 2.39.